The first-order valence-corrected chi connectivity index (χ1v) is 6.25. The highest BCUT2D eigenvalue weighted by molar-refractivity contribution is 5.96. The quantitative estimate of drug-likeness (QED) is 0.846. The SMILES string of the molecule is O=C(c1ccncc1O)N1CCc2ccccc2C1. The minimum absolute atomic E-state index is 0.0636. The molecule has 0 aliphatic carbocycles. The molecule has 3 rings (SSSR count). The lowest BCUT2D eigenvalue weighted by Crippen LogP contribution is -2.35. The van der Waals surface area contributed by atoms with Crippen LogP contribution in [0.3, 0.4) is 0 Å². The van der Waals surface area contributed by atoms with E-state index in [1.807, 2.05) is 18.2 Å². The zero-order valence-electron chi connectivity index (χ0n) is 10.4. The second-order valence-electron chi connectivity index (χ2n) is 4.64. The van der Waals surface area contributed by atoms with Crippen molar-refractivity contribution in [3.63, 3.8) is 0 Å². The molecule has 2 aromatic rings. The van der Waals surface area contributed by atoms with Crippen LogP contribution in [0.1, 0.15) is 21.5 Å². The number of fused-ring (bicyclic) bond motifs is 1. The average molecular weight is 254 g/mol. The Morgan fingerprint density at radius 2 is 2.00 bits per heavy atom. The highest BCUT2D eigenvalue weighted by Crippen LogP contribution is 2.22. The Labute approximate surface area is 111 Å². The topological polar surface area (TPSA) is 53.4 Å². The van der Waals surface area contributed by atoms with Gasteiger partial charge in [-0.2, -0.15) is 0 Å². The number of hydrogen-bond donors (Lipinski definition) is 1. The van der Waals surface area contributed by atoms with E-state index in [4.69, 9.17) is 0 Å². The fraction of sp³-hybridized carbons (Fsp3) is 0.200. The summed E-state index contributed by atoms with van der Waals surface area (Å²) in [5, 5.41) is 9.70. The van der Waals surface area contributed by atoms with Crippen LogP contribution in [0.4, 0.5) is 0 Å². The monoisotopic (exact) mass is 254 g/mol. The summed E-state index contributed by atoms with van der Waals surface area (Å²) in [5.41, 5.74) is 2.79. The van der Waals surface area contributed by atoms with Crippen molar-refractivity contribution in [3.8, 4) is 5.75 Å². The predicted molar refractivity (Wildman–Crippen MR) is 70.8 cm³/mol. The number of carbonyl (C=O) groups excluding carboxylic acids is 1. The molecule has 4 heteroatoms. The van der Waals surface area contributed by atoms with Gasteiger partial charge in [0, 0.05) is 19.3 Å². The van der Waals surface area contributed by atoms with Crippen molar-refractivity contribution in [2.24, 2.45) is 0 Å². The van der Waals surface area contributed by atoms with Crippen molar-refractivity contribution < 1.29 is 9.90 Å². The van der Waals surface area contributed by atoms with E-state index in [1.165, 1.54) is 23.5 Å². The van der Waals surface area contributed by atoms with Gasteiger partial charge in [0.05, 0.1) is 11.8 Å². The maximum Gasteiger partial charge on any atom is 0.258 e. The summed E-state index contributed by atoms with van der Waals surface area (Å²) in [4.78, 5) is 17.9. The van der Waals surface area contributed by atoms with Gasteiger partial charge in [-0.1, -0.05) is 24.3 Å². The van der Waals surface area contributed by atoms with Gasteiger partial charge in [-0.3, -0.25) is 9.78 Å². The zero-order chi connectivity index (χ0) is 13.2. The van der Waals surface area contributed by atoms with Gasteiger partial charge >= 0.3 is 0 Å². The number of amides is 1. The van der Waals surface area contributed by atoms with Crippen molar-refractivity contribution in [1.29, 1.82) is 0 Å². The summed E-state index contributed by atoms with van der Waals surface area (Å²) < 4.78 is 0. The summed E-state index contributed by atoms with van der Waals surface area (Å²) >= 11 is 0. The van der Waals surface area contributed by atoms with Crippen LogP contribution in [0.15, 0.2) is 42.7 Å². The van der Waals surface area contributed by atoms with Crippen LogP contribution in [0.2, 0.25) is 0 Å². The van der Waals surface area contributed by atoms with Gasteiger partial charge in [0.15, 0.2) is 0 Å². The van der Waals surface area contributed by atoms with E-state index < -0.39 is 0 Å². The Morgan fingerprint density at radius 1 is 1.21 bits per heavy atom. The molecule has 1 N–H and O–H groups in total. The van der Waals surface area contributed by atoms with E-state index in [9.17, 15) is 9.90 Å². The van der Waals surface area contributed by atoms with Crippen LogP contribution in [-0.4, -0.2) is 27.4 Å². The van der Waals surface area contributed by atoms with E-state index in [0.717, 1.165) is 6.42 Å². The third-order valence-corrected chi connectivity index (χ3v) is 3.45. The molecular formula is C15H14N2O2. The third kappa shape index (κ3) is 2.17. The minimum atomic E-state index is -0.144. The second kappa shape index (κ2) is 4.72. The van der Waals surface area contributed by atoms with Gasteiger partial charge in [0.25, 0.3) is 5.91 Å². The van der Waals surface area contributed by atoms with E-state index in [1.54, 1.807) is 11.0 Å². The molecule has 0 fully saturated rings. The molecule has 0 saturated heterocycles. The summed E-state index contributed by atoms with van der Waals surface area (Å²) in [6.07, 6.45) is 3.67. The van der Waals surface area contributed by atoms with Crippen molar-refractivity contribution >= 4 is 5.91 Å². The molecule has 1 aliphatic rings. The second-order valence-corrected chi connectivity index (χ2v) is 4.64. The Balaban J connectivity index is 1.86. The molecule has 0 saturated carbocycles. The smallest absolute Gasteiger partial charge is 0.258 e. The molecule has 0 unspecified atom stereocenters. The lowest BCUT2D eigenvalue weighted by Gasteiger charge is -2.29. The zero-order valence-corrected chi connectivity index (χ0v) is 10.4. The highest BCUT2D eigenvalue weighted by atomic mass is 16.3. The lowest BCUT2D eigenvalue weighted by molar-refractivity contribution is 0.0731. The lowest BCUT2D eigenvalue weighted by atomic mass is 9.99. The molecule has 1 aliphatic heterocycles. The Morgan fingerprint density at radius 3 is 2.79 bits per heavy atom. The van der Waals surface area contributed by atoms with Gasteiger partial charge in [0.2, 0.25) is 0 Å². The highest BCUT2D eigenvalue weighted by Gasteiger charge is 2.23. The molecule has 0 atom stereocenters. The first-order valence-electron chi connectivity index (χ1n) is 6.25. The van der Waals surface area contributed by atoms with Crippen LogP contribution >= 0.6 is 0 Å². The van der Waals surface area contributed by atoms with Crippen LogP contribution in [0.5, 0.6) is 5.75 Å². The van der Waals surface area contributed by atoms with Gasteiger partial charge in [-0.25, -0.2) is 0 Å². The normalized spacial score (nSPS) is 14.0. The fourth-order valence-electron chi connectivity index (χ4n) is 2.41. The van der Waals surface area contributed by atoms with E-state index in [-0.39, 0.29) is 11.7 Å². The Hall–Kier alpha value is -2.36. The Bertz CT molecular complexity index is 625. The average Bonchev–Trinajstić information content (AvgIpc) is 2.46. The predicted octanol–water partition coefficient (Wildman–Crippen LogP) is 1.99. The maximum atomic E-state index is 12.4. The van der Waals surface area contributed by atoms with E-state index >= 15 is 0 Å². The van der Waals surface area contributed by atoms with Crippen LogP contribution < -0.4 is 0 Å². The number of rotatable bonds is 1. The van der Waals surface area contributed by atoms with Crippen molar-refractivity contribution in [1.82, 2.24) is 9.88 Å². The molecule has 0 radical (unpaired) electrons. The first-order chi connectivity index (χ1) is 9.25. The number of benzene rings is 1. The van der Waals surface area contributed by atoms with Crippen molar-refractivity contribution in [3.05, 3.63) is 59.4 Å². The molecule has 96 valence electrons. The molecule has 19 heavy (non-hydrogen) atoms. The van der Waals surface area contributed by atoms with Gasteiger partial charge < -0.3 is 10.0 Å². The van der Waals surface area contributed by atoms with Crippen LogP contribution in [-0.2, 0) is 13.0 Å². The first kappa shape index (κ1) is 11.7. The van der Waals surface area contributed by atoms with Crippen molar-refractivity contribution in [2.45, 2.75) is 13.0 Å². The molecule has 1 aromatic heterocycles. The molecule has 1 aromatic carbocycles. The van der Waals surface area contributed by atoms with Gasteiger partial charge in [-0.15, -0.1) is 0 Å². The number of carbonyl (C=O) groups is 1. The molecule has 1 amide bonds. The van der Waals surface area contributed by atoms with Gasteiger partial charge in [0.1, 0.15) is 5.75 Å². The molecule has 0 bridgehead atoms. The number of pyridine rings is 1. The maximum absolute atomic E-state index is 12.4. The molecule has 0 spiro atoms. The van der Waals surface area contributed by atoms with Gasteiger partial charge in [-0.05, 0) is 23.6 Å². The van der Waals surface area contributed by atoms with Crippen LogP contribution in [0, 0.1) is 0 Å². The summed E-state index contributed by atoms with van der Waals surface area (Å²) in [6, 6.07) is 9.70. The summed E-state index contributed by atoms with van der Waals surface area (Å²) in [6.45, 7) is 1.27. The third-order valence-electron chi connectivity index (χ3n) is 3.45. The van der Waals surface area contributed by atoms with Crippen molar-refractivity contribution in [2.75, 3.05) is 6.54 Å². The largest absolute Gasteiger partial charge is 0.505 e. The molecule has 4 nitrogen and oxygen atoms in total. The van der Waals surface area contributed by atoms with Crippen LogP contribution in [0.25, 0.3) is 0 Å². The molecule has 2 heterocycles. The minimum Gasteiger partial charge on any atom is -0.505 e. The van der Waals surface area contributed by atoms with E-state index in [2.05, 4.69) is 11.1 Å². The summed E-state index contributed by atoms with van der Waals surface area (Å²) in [7, 11) is 0. The number of hydrogen-bond acceptors (Lipinski definition) is 3. The number of aromatic nitrogens is 1. The summed E-state index contributed by atoms with van der Waals surface area (Å²) in [5.74, 6) is -0.208. The molecular weight excluding hydrogens is 240 g/mol. The standard InChI is InChI=1S/C15H14N2O2/c18-14-9-16-7-5-13(14)15(19)17-8-6-11-3-1-2-4-12(11)10-17/h1-5,7,9,18H,6,8,10H2. The Kier molecular flexibility index (Phi) is 2.91. The fourth-order valence-corrected chi connectivity index (χ4v) is 2.41. The number of aromatic hydroxyl groups is 1. The number of nitrogens with zero attached hydrogens (tertiary/aromatic N) is 2. The van der Waals surface area contributed by atoms with E-state index in [0.29, 0.717) is 18.7 Å².